The molecule has 1 amide bonds. The van der Waals surface area contributed by atoms with Crippen LogP contribution in [-0.4, -0.2) is 67.4 Å². The Morgan fingerprint density at radius 3 is 2.71 bits per heavy atom. The van der Waals surface area contributed by atoms with Crippen LogP contribution in [0.4, 0.5) is 14.9 Å². The number of rotatable bonds is 11. The van der Waals surface area contributed by atoms with Crippen molar-refractivity contribution in [3.8, 4) is 0 Å². The van der Waals surface area contributed by atoms with E-state index in [-0.39, 0.29) is 30.7 Å². The third-order valence-electron chi connectivity index (χ3n) is 7.21. The summed E-state index contributed by atoms with van der Waals surface area (Å²) in [6.45, 7) is 7.40. The maximum absolute atomic E-state index is 15.2. The standard InChI is InChI=1S/C27H34FN3O4/c1-20(22-6-4-3-5-7-22)8-9-21(2)30(18-34-19-32)15-23-10-11-24(14-26(23)28)29-12-13-31-25(16-29)17-35-27(31)33/h3-7,10-11,14,19-21,25H,8-9,12-13,15-18H2,1-2H3/t20?,21-,25?/m0/s1. The van der Waals surface area contributed by atoms with Crippen LogP contribution in [0.15, 0.2) is 48.5 Å². The molecule has 8 heteroatoms. The molecule has 0 spiro atoms. The lowest BCUT2D eigenvalue weighted by Gasteiger charge is -2.37. The molecule has 0 saturated carbocycles. The normalized spacial score (nSPS) is 19.3. The van der Waals surface area contributed by atoms with Crippen molar-refractivity contribution in [1.82, 2.24) is 9.80 Å². The van der Waals surface area contributed by atoms with Gasteiger partial charge in [0, 0.05) is 43.5 Å². The highest BCUT2D eigenvalue weighted by molar-refractivity contribution is 5.71. The number of hydrogen-bond acceptors (Lipinski definition) is 6. The summed E-state index contributed by atoms with van der Waals surface area (Å²) in [5, 5.41) is 0. The number of anilines is 1. The van der Waals surface area contributed by atoms with Crippen LogP contribution in [0.2, 0.25) is 0 Å². The zero-order valence-corrected chi connectivity index (χ0v) is 20.4. The van der Waals surface area contributed by atoms with E-state index in [1.54, 1.807) is 17.0 Å². The lowest BCUT2D eigenvalue weighted by molar-refractivity contribution is -0.134. The van der Waals surface area contributed by atoms with Crippen molar-refractivity contribution in [2.24, 2.45) is 0 Å². The summed E-state index contributed by atoms with van der Waals surface area (Å²) in [6.07, 6.45) is 1.61. The molecule has 0 aliphatic carbocycles. The summed E-state index contributed by atoms with van der Waals surface area (Å²) >= 11 is 0. The van der Waals surface area contributed by atoms with Crippen LogP contribution in [0, 0.1) is 5.82 Å². The SMILES string of the molecule is CC(CC[C@H](C)N(COC=O)Cc1ccc(N2CCN3C(=O)OCC3C2)cc1F)c1ccccc1. The highest BCUT2D eigenvalue weighted by Gasteiger charge is 2.37. The molecule has 2 fully saturated rings. The molecule has 4 rings (SSSR count). The van der Waals surface area contributed by atoms with E-state index in [2.05, 4.69) is 30.9 Å². The number of hydrogen-bond donors (Lipinski definition) is 0. The molecular formula is C27H34FN3O4. The summed E-state index contributed by atoms with van der Waals surface area (Å²) in [5.74, 6) is 0.120. The first-order valence-corrected chi connectivity index (χ1v) is 12.3. The van der Waals surface area contributed by atoms with E-state index >= 15 is 4.39 Å². The van der Waals surface area contributed by atoms with Gasteiger partial charge in [0.2, 0.25) is 0 Å². The number of ether oxygens (including phenoxy) is 2. The summed E-state index contributed by atoms with van der Waals surface area (Å²) in [6, 6.07) is 15.8. The second-order valence-electron chi connectivity index (χ2n) is 9.52. The number of carbonyl (C=O) groups is 2. The summed E-state index contributed by atoms with van der Waals surface area (Å²) in [7, 11) is 0. The maximum Gasteiger partial charge on any atom is 0.410 e. The van der Waals surface area contributed by atoms with Crippen molar-refractivity contribution in [3.63, 3.8) is 0 Å². The van der Waals surface area contributed by atoms with Crippen LogP contribution in [0.1, 0.15) is 43.7 Å². The fourth-order valence-corrected chi connectivity index (χ4v) is 4.88. The topological polar surface area (TPSA) is 62.3 Å². The Labute approximate surface area is 206 Å². The number of amides is 1. The third-order valence-corrected chi connectivity index (χ3v) is 7.21. The summed E-state index contributed by atoms with van der Waals surface area (Å²) < 4.78 is 25.4. The first-order chi connectivity index (χ1) is 17.0. The van der Waals surface area contributed by atoms with Crippen molar-refractivity contribution in [3.05, 3.63) is 65.5 Å². The fraction of sp³-hybridized carbons (Fsp3) is 0.481. The van der Waals surface area contributed by atoms with E-state index in [0.29, 0.717) is 50.7 Å². The van der Waals surface area contributed by atoms with Crippen molar-refractivity contribution in [2.75, 3.05) is 37.9 Å². The van der Waals surface area contributed by atoms with Crippen LogP contribution in [0.5, 0.6) is 0 Å². The maximum atomic E-state index is 15.2. The van der Waals surface area contributed by atoms with Crippen molar-refractivity contribution in [1.29, 1.82) is 0 Å². The Bertz CT molecular complexity index is 1010. The minimum absolute atomic E-state index is 0.00842. The van der Waals surface area contributed by atoms with Gasteiger partial charge >= 0.3 is 6.09 Å². The molecule has 0 aromatic heterocycles. The molecule has 0 radical (unpaired) electrons. The molecule has 2 unspecified atom stereocenters. The molecule has 3 atom stereocenters. The van der Waals surface area contributed by atoms with Gasteiger partial charge in [-0.1, -0.05) is 43.3 Å². The van der Waals surface area contributed by atoms with E-state index in [9.17, 15) is 9.59 Å². The summed E-state index contributed by atoms with van der Waals surface area (Å²) in [4.78, 5) is 28.4. The van der Waals surface area contributed by atoms with Crippen LogP contribution >= 0.6 is 0 Å². The fourth-order valence-electron chi connectivity index (χ4n) is 4.88. The molecule has 2 saturated heterocycles. The average molecular weight is 484 g/mol. The number of benzene rings is 2. The minimum atomic E-state index is -0.287. The second-order valence-corrected chi connectivity index (χ2v) is 9.52. The number of nitrogens with zero attached hydrogens (tertiary/aromatic N) is 3. The summed E-state index contributed by atoms with van der Waals surface area (Å²) in [5.41, 5.74) is 2.65. The zero-order valence-electron chi connectivity index (χ0n) is 20.4. The van der Waals surface area contributed by atoms with Crippen LogP contribution in [-0.2, 0) is 20.8 Å². The van der Waals surface area contributed by atoms with E-state index in [4.69, 9.17) is 9.47 Å². The molecule has 2 aliphatic rings. The molecule has 2 heterocycles. The molecule has 2 aromatic rings. The predicted octanol–water partition coefficient (Wildman–Crippen LogP) is 4.37. The van der Waals surface area contributed by atoms with Gasteiger partial charge in [0.15, 0.2) is 0 Å². The monoisotopic (exact) mass is 483 g/mol. The van der Waals surface area contributed by atoms with Gasteiger partial charge in [0.25, 0.3) is 6.47 Å². The van der Waals surface area contributed by atoms with Crippen LogP contribution in [0.25, 0.3) is 0 Å². The van der Waals surface area contributed by atoms with Crippen molar-refractivity contribution >= 4 is 18.3 Å². The molecule has 188 valence electrons. The largest absolute Gasteiger partial charge is 0.452 e. The molecular weight excluding hydrogens is 449 g/mol. The van der Waals surface area contributed by atoms with Gasteiger partial charge < -0.3 is 14.4 Å². The van der Waals surface area contributed by atoms with Gasteiger partial charge in [-0.15, -0.1) is 0 Å². The molecule has 0 N–H and O–H groups in total. The number of fused-ring (bicyclic) bond motifs is 1. The number of piperazine rings is 1. The van der Waals surface area contributed by atoms with Crippen molar-refractivity contribution < 1.29 is 23.5 Å². The smallest absolute Gasteiger partial charge is 0.410 e. The third kappa shape index (κ3) is 6.11. The second kappa shape index (κ2) is 11.5. The minimum Gasteiger partial charge on any atom is -0.452 e. The number of cyclic esters (lactones) is 1. The Morgan fingerprint density at radius 1 is 1.17 bits per heavy atom. The lowest BCUT2D eigenvalue weighted by atomic mass is 9.94. The molecule has 2 aromatic carbocycles. The molecule has 35 heavy (non-hydrogen) atoms. The Balaban J connectivity index is 1.38. The predicted molar refractivity (Wildman–Crippen MR) is 132 cm³/mol. The highest BCUT2D eigenvalue weighted by atomic mass is 19.1. The van der Waals surface area contributed by atoms with Gasteiger partial charge in [0.05, 0.1) is 6.04 Å². The van der Waals surface area contributed by atoms with Gasteiger partial charge in [-0.05, 0) is 43.4 Å². The molecule has 0 bridgehead atoms. The number of carbonyl (C=O) groups excluding carboxylic acids is 2. The molecule has 2 aliphatic heterocycles. The Hall–Kier alpha value is -3.13. The number of halogens is 1. The highest BCUT2D eigenvalue weighted by Crippen LogP contribution is 2.27. The Kier molecular flexibility index (Phi) is 8.23. The van der Waals surface area contributed by atoms with Gasteiger partial charge in [-0.2, -0.15) is 0 Å². The Morgan fingerprint density at radius 2 is 1.97 bits per heavy atom. The lowest BCUT2D eigenvalue weighted by Crippen LogP contribution is -2.52. The molecule has 7 nitrogen and oxygen atoms in total. The van der Waals surface area contributed by atoms with Gasteiger partial charge in [-0.3, -0.25) is 14.6 Å². The van der Waals surface area contributed by atoms with Crippen LogP contribution < -0.4 is 4.90 Å². The van der Waals surface area contributed by atoms with E-state index in [1.807, 2.05) is 29.2 Å². The quantitative estimate of drug-likeness (QED) is 0.349. The van der Waals surface area contributed by atoms with Crippen LogP contribution in [0.3, 0.4) is 0 Å². The average Bonchev–Trinajstić information content (AvgIpc) is 3.26. The van der Waals surface area contributed by atoms with E-state index in [0.717, 1.165) is 18.5 Å². The van der Waals surface area contributed by atoms with E-state index < -0.39 is 0 Å². The van der Waals surface area contributed by atoms with Gasteiger partial charge in [0.1, 0.15) is 19.2 Å². The van der Waals surface area contributed by atoms with Gasteiger partial charge in [-0.25, -0.2) is 9.18 Å². The zero-order chi connectivity index (χ0) is 24.8. The first kappa shape index (κ1) is 25.0. The van der Waals surface area contributed by atoms with Crippen molar-refractivity contribution in [2.45, 2.75) is 51.2 Å². The van der Waals surface area contributed by atoms with E-state index in [1.165, 1.54) is 5.56 Å². The first-order valence-electron chi connectivity index (χ1n) is 12.3.